The number of imide groups is 1. The number of fused-ring (bicyclic) bond motifs is 2. The van der Waals surface area contributed by atoms with Crippen LogP contribution in [0.3, 0.4) is 0 Å². The van der Waals surface area contributed by atoms with Gasteiger partial charge in [-0.15, -0.1) is 0 Å². The van der Waals surface area contributed by atoms with Gasteiger partial charge in [-0.3, -0.25) is 24.7 Å². The topological polar surface area (TPSA) is 126 Å². The molecule has 174 valence electrons. The molecule has 9 nitrogen and oxygen atoms in total. The number of hydrogen-bond acceptors (Lipinski definition) is 6. The molecule has 3 heterocycles. The summed E-state index contributed by atoms with van der Waals surface area (Å²) in [6.45, 7) is 1.98. The van der Waals surface area contributed by atoms with E-state index in [1.807, 2.05) is 6.07 Å². The maximum Gasteiger partial charge on any atom is 0.255 e. The molecule has 0 spiro atoms. The van der Waals surface area contributed by atoms with Gasteiger partial charge in [-0.2, -0.15) is 0 Å². The maximum absolute atomic E-state index is 13.2. The minimum atomic E-state index is -3.88. The van der Waals surface area contributed by atoms with Crippen molar-refractivity contribution >= 4 is 38.6 Å². The summed E-state index contributed by atoms with van der Waals surface area (Å²) in [4.78, 5) is 42.5. The average Bonchev–Trinajstić information content (AvgIpc) is 3.13. The molecule has 3 aromatic rings. The Kier molecular flexibility index (Phi) is 5.41. The van der Waals surface area contributed by atoms with Gasteiger partial charge in [0.2, 0.25) is 21.8 Å². The fraction of sp³-hybridized carbons (Fsp3) is 0.250. The van der Waals surface area contributed by atoms with E-state index in [2.05, 4.69) is 15.0 Å². The molecule has 1 unspecified atom stereocenters. The van der Waals surface area contributed by atoms with Crippen LogP contribution in [-0.4, -0.2) is 42.1 Å². The molecule has 2 aliphatic heterocycles. The quantitative estimate of drug-likeness (QED) is 0.539. The lowest BCUT2D eigenvalue weighted by Gasteiger charge is -2.29. The molecule has 5 rings (SSSR count). The Hall–Kier alpha value is -3.63. The number of nitrogens with one attached hydrogen (secondary N) is 2. The third-order valence-electron chi connectivity index (χ3n) is 6.25. The van der Waals surface area contributed by atoms with Crippen molar-refractivity contribution in [2.75, 3.05) is 0 Å². The van der Waals surface area contributed by atoms with Gasteiger partial charge in [0.05, 0.1) is 5.52 Å². The van der Waals surface area contributed by atoms with Gasteiger partial charge in [0.15, 0.2) is 0 Å². The maximum atomic E-state index is 13.2. The molecule has 10 heteroatoms. The van der Waals surface area contributed by atoms with E-state index in [1.54, 1.807) is 49.5 Å². The summed E-state index contributed by atoms with van der Waals surface area (Å²) in [7, 11) is -3.88. The van der Waals surface area contributed by atoms with Gasteiger partial charge < -0.3 is 4.90 Å². The zero-order valence-electron chi connectivity index (χ0n) is 18.4. The number of rotatable bonds is 5. The van der Waals surface area contributed by atoms with Gasteiger partial charge in [-0.25, -0.2) is 13.1 Å². The number of benzene rings is 2. The molecule has 34 heavy (non-hydrogen) atoms. The molecule has 2 aliphatic rings. The smallest absolute Gasteiger partial charge is 0.255 e. The monoisotopic (exact) mass is 478 g/mol. The zero-order chi connectivity index (χ0) is 24.0. The van der Waals surface area contributed by atoms with E-state index in [9.17, 15) is 22.8 Å². The van der Waals surface area contributed by atoms with Crippen molar-refractivity contribution in [3.63, 3.8) is 0 Å². The second kappa shape index (κ2) is 8.30. The van der Waals surface area contributed by atoms with Crippen LogP contribution in [0.2, 0.25) is 0 Å². The lowest BCUT2D eigenvalue weighted by molar-refractivity contribution is -0.136. The number of carbonyl (C=O) groups excluding carboxylic acids is 3. The highest BCUT2D eigenvalue weighted by molar-refractivity contribution is 7.89. The molecule has 0 bridgehead atoms. The number of aryl methyl sites for hydroxylation is 1. The van der Waals surface area contributed by atoms with Gasteiger partial charge in [0.25, 0.3) is 5.91 Å². The summed E-state index contributed by atoms with van der Waals surface area (Å²) in [5.74, 6) is -1.11. The molecule has 1 fully saturated rings. The van der Waals surface area contributed by atoms with Crippen LogP contribution in [0.4, 0.5) is 0 Å². The Balaban J connectivity index is 1.36. The Morgan fingerprint density at radius 3 is 2.76 bits per heavy atom. The molecule has 1 atom stereocenters. The fourth-order valence-electron chi connectivity index (χ4n) is 4.52. The Labute approximate surface area is 196 Å². The molecule has 0 aliphatic carbocycles. The first-order chi connectivity index (χ1) is 16.2. The van der Waals surface area contributed by atoms with Crippen LogP contribution in [0.25, 0.3) is 10.9 Å². The lowest BCUT2D eigenvalue weighted by Crippen LogP contribution is -2.52. The summed E-state index contributed by atoms with van der Waals surface area (Å²) < 4.78 is 28.9. The minimum Gasteiger partial charge on any atom is -0.322 e. The average molecular weight is 479 g/mol. The van der Waals surface area contributed by atoms with Crippen molar-refractivity contribution in [1.82, 2.24) is 19.9 Å². The van der Waals surface area contributed by atoms with Gasteiger partial charge in [0, 0.05) is 36.7 Å². The first kappa shape index (κ1) is 22.2. The Morgan fingerprint density at radius 1 is 1.15 bits per heavy atom. The normalized spacial score (nSPS) is 18.3. The highest BCUT2D eigenvalue weighted by atomic mass is 32.2. The van der Waals surface area contributed by atoms with Gasteiger partial charge in [0.1, 0.15) is 10.9 Å². The number of pyridine rings is 1. The van der Waals surface area contributed by atoms with Crippen LogP contribution < -0.4 is 10.0 Å². The number of aromatic nitrogens is 1. The van der Waals surface area contributed by atoms with E-state index >= 15 is 0 Å². The molecule has 1 aromatic heterocycles. The molecule has 3 amide bonds. The molecular formula is C24H22N4O5S. The third kappa shape index (κ3) is 3.84. The molecule has 0 saturated carbocycles. The second-order valence-electron chi connectivity index (χ2n) is 8.50. The van der Waals surface area contributed by atoms with Gasteiger partial charge >= 0.3 is 0 Å². The summed E-state index contributed by atoms with van der Waals surface area (Å²) in [6.07, 6.45) is 2.03. The van der Waals surface area contributed by atoms with E-state index in [0.29, 0.717) is 22.2 Å². The van der Waals surface area contributed by atoms with Crippen molar-refractivity contribution in [3.05, 3.63) is 70.9 Å². The van der Waals surface area contributed by atoms with Gasteiger partial charge in [-0.1, -0.05) is 30.3 Å². The summed E-state index contributed by atoms with van der Waals surface area (Å²) >= 11 is 0. The lowest BCUT2D eigenvalue weighted by atomic mass is 10.0. The minimum absolute atomic E-state index is 0.00995. The largest absolute Gasteiger partial charge is 0.322 e. The van der Waals surface area contributed by atoms with E-state index in [-0.39, 0.29) is 42.6 Å². The van der Waals surface area contributed by atoms with Crippen LogP contribution >= 0.6 is 0 Å². The zero-order valence-corrected chi connectivity index (χ0v) is 19.2. The van der Waals surface area contributed by atoms with Crippen LogP contribution in [0.15, 0.2) is 53.6 Å². The van der Waals surface area contributed by atoms with E-state index < -0.39 is 22.0 Å². The number of amides is 3. The van der Waals surface area contributed by atoms with E-state index in [0.717, 1.165) is 10.9 Å². The summed E-state index contributed by atoms with van der Waals surface area (Å²) in [6, 6.07) is 11.6. The van der Waals surface area contributed by atoms with E-state index in [1.165, 1.54) is 4.90 Å². The van der Waals surface area contributed by atoms with E-state index in [4.69, 9.17) is 0 Å². The van der Waals surface area contributed by atoms with Crippen molar-refractivity contribution in [3.8, 4) is 0 Å². The predicted octanol–water partition coefficient (Wildman–Crippen LogP) is 1.78. The molecule has 2 N–H and O–H groups in total. The molecule has 1 saturated heterocycles. The van der Waals surface area contributed by atoms with Crippen molar-refractivity contribution < 1.29 is 22.8 Å². The predicted molar refractivity (Wildman–Crippen MR) is 123 cm³/mol. The number of carbonyl (C=O) groups is 3. The second-order valence-corrected chi connectivity index (χ2v) is 10.2. The van der Waals surface area contributed by atoms with Crippen LogP contribution in [0.5, 0.6) is 0 Å². The SMILES string of the molecule is Cc1ccc2cccnc2c1S(=O)(=O)NCc1ccc2c(c1)C(=O)N(C1CCC(=O)NC1=O)C2. The molecule has 2 aromatic carbocycles. The third-order valence-corrected chi connectivity index (χ3v) is 7.83. The highest BCUT2D eigenvalue weighted by Crippen LogP contribution is 2.29. The summed E-state index contributed by atoms with van der Waals surface area (Å²) in [5, 5.41) is 3.01. The van der Waals surface area contributed by atoms with Crippen molar-refractivity contribution in [2.24, 2.45) is 0 Å². The number of hydrogen-bond donors (Lipinski definition) is 2. The fourth-order valence-corrected chi connectivity index (χ4v) is 5.94. The Morgan fingerprint density at radius 2 is 1.97 bits per heavy atom. The first-order valence-corrected chi connectivity index (χ1v) is 12.3. The Bertz CT molecular complexity index is 1470. The van der Waals surface area contributed by atoms with Crippen molar-refractivity contribution in [2.45, 2.75) is 43.8 Å². The van der Waals surface area contributed by atoms with Crippen LogP contribution in [0, 0.1) is 6.92 Å². The van der Waals surface area contributed by atoms with Crippen molar-refractivity contribution in [1.29, 1.82) is 0 Å². The number of nitrogens with zero attached hydrogens (tertiary/aromatic N) is 2. The number of sulfonamides is 1. The molecular weight excluding hydrogens is 456 g/mol. The standard InChI is InChI=1S/C24H22N4O5S/c1-14-4-6-16-3-2-10-25-21(16)22(14)34(32,33)26-12-15-5-7-17-13-28(24(31)18(17)11-15)19-8-9-20(29)27-23(19)30/h2-7,10-11,19,26H,8-9,12-13H2,1H3,(H,27,29,30). The van der Waals surface area contributed by atoms with Crippen LogP contribution in [0.1, 0.15) is 39.9 Å². The molecule has 0 radical (unpaired) electrons. The first-order valence-electron chi connectivity index (χ1n) is 10.8. The van der Waals surface area contributed by atoms with Gasteiger partial charge in [-0.05, 0) is 42.2 Å². The number of piperidine rings is 1. The van der Waals surface area contributed by atoms with Crippen LogP contribution in [-0.2, 0) is 32.7 Å². The highest BCUT2D eigenvalue weighted by Gasteiger charge is 2.39. The summed E-state index contributed by atoms with van der Waals surface area (Å²) in [5.41, 5.74) is 2.80.